The van der Waals surface area contributed by atoms with Crippen molar-refractivity contribution in [3.63, 3.8) is 0 Å². The molecule has 2 fully saturated rings. The third-order valence-corrected chi connectivity index (χ3v) is 5.28. The minimum atomic E-state index is -0.382. The number of hydrogen-bond acceptors (Lipinski definition) is 5. The van der Waals surface area contributed by atoms with Crippen LogP contribution in [0.5, 0.6) is 0 Å². The van der Waals surface area contributed by atoms with Crippen LogP contribution in [0.2, 0.25) is 0 Å². The van der Waals surface area contributed by atoms with Crippen LogP contribution < -0.4 is 16.9 Å². The van der Waals surface area contributed by atoms with Crippen LogP contribution >= 0.6 is 0 Å². The fraction of sp³-hybridized carbons (Fsp3) is 0.786. The van der Waals surface area contributed by atoms with E-state index in [1.807, 2.05) is 44.8 Å². The van der Waals surface area contributed by atoms with Gasteiger partial charge in [0.1, 0.15) is 0 Å². The first-order valence-corrected chi connectivity index (χ1v) is 7.55. The summed E-state index contributed by atoms with van der Waals surface area (Å²) in [6.45, 7) is 8.73. The highest BCUT2D eigenvalue weighted by atomic mass is 16.7. The summed E-state index contributed by atoms with van der Waals surface area (Å²) in [6.07, 6.45) is 5.53. The molecule has 0 aromatic carbocycles. The van der Waals surface area contributed by atoms with Crippen LogP contribution in [0, 0.1) is 0 Å². The molecular formula is C14H25BN4O2. The van der Waals surface area contributed by atoms with E-state index in [2.05, 4.69) is 5.10 Å². The summed E-state index contributed by atoms with van der Waals surface area (Å²) >= 11 is 0. The van der Waals surface area contributed by atoms with Gasteiger partial charge in [0.15, 0.2) is 0 Å². The molecule has 6 nitrogen and oxygen atoms in total. The Balaban J connectivity index is 1.81. The first-order valence-electron chi connectivity index (χ1n) is 7.55. The molecule has 2 heterocycles. The summed E-state index contributed by atoms with van der Waals surface area (Å²) in [6, 6.07) is 0.220. The molecule has 0 unspecified atom stereocenters. The molecular weight excluding hydrogens is 267 g/mol. The predicted octanol–water partition coefficient (Wildman–Crippen LogP) is -0.0426. The fourth-order valence-corrected chi connectivity index (χ4v) is 3.06. The van der Waals surface area contributed by atoms with Crippen LogP contribution in [-0.2, 0) is 14.8 Å². The molecule has 0 radical (unpaired) electrons. The van der Waals surface area contributed by atoms with Gasteiger partial charge in [0.2, 0.25) is 0 Å². The average molecular weight is 292 g/mol. The number of rotatable bonds is 3. The highest BCUT2D eigenvalue weighted by Crippen LogP contribution is 2.38. The van der Waals surface area contributed by atoms with E-state index in [0.29, 0.717) is 6.54 Å². The maximum atomic E-state index is 6.05. The van der Waals surface area contributed by atoms with Gasteiger partial charge in [-0.05, 0) is 40.5 Å². The third-order valence-electron chi connectivity index (χ3n) is 5.28. The quantitative estimate of drug-likeness (QED) is 0.763. The van der Waals surface area contributed by atoms with Gasteiger partial charge < -0.3 is 20.8 Å². The second kappa shape index (κ2) is 4.55. The van der Waals surface area contributed by atoms with Crippen molar-refractivity contribution >= 4 is 12.6 Å². The Kier molecular flexibility index (Phi) is 3.26. The van der Waals surface area contributed by atoms with Gasteiger partial charge in [0, 0.05) is 30.4 Å². The van der Waals surface area contributed by atoms with Crippen LogP contribution in [0.4, 0.5) is 0 Å². The van der Waals surface area contributed by atoms with E-state index >= 15 is 0 Å². The van der Waals surface area contributed by atoms with E-state index < -0.39 is 0 Å². The highest BCUT2D eigenvalue weighted by Gasteiger charge is 2.52. The fourth-order valence-electron chi connectivity index (χ4n) is 3.06. The molecule has 1 aliphatic heterocycles. The minimum absolute atomic E-state index is 0.138. The molecule has 3 rings (SSSR count). The molecule has 4 N–H and O–H groups in total. The smallest absolute Gasteiger partial charge is 0.399 e. The van der Waals surface area contributed by atoms with E-state index in [0.717, 1.165) is 18.3 Å². The normalized spacial score (nSPS) is 34.0. The molecule has 0 atom stereocenters. The zero-order valence-electron chi connectivity index (χ0n) is 13.3. The van der Waals surface area contributed by atoms with Crippen molar-refractivity contribution in [2.45, 2.75) is 63.3 Å². The second-order valence-corrected chi connectivity index (χ2v) is 7.40. The predicted molar refractivity (Wildman–Crippen MR) is 82.2 cm³/mol. The molecule has 1 aromatic rings. The Labute approximate surface area is 126 Å². The van der Waals surface area contributed by atoms with E-state index in [1.54, 1.807) is 0 Å². The average Bonchev–Trinajstić information content (AvgIpc) is 2.89. The SMILES string of the molecule is CC1(C)OB(c2cnn(C3(CN)CC(N)C3)c2)OC1(C)C. The van der Waals surface area contributed by atoms with Crippen LogP contribution in [0.1, 0.15) is 40.5 Å². The van der Waals surface area contributed by atoms with E-state index in [4.69, 9.17) is 20.8 Å². The van der Waals surface area contributed by atoms with Gasteiger partial charge in [-0.15, -0.1) is 0 Å². The topological polar surface area (TPSA) is 88.3 Å². The lowest BCUT2D eigenvalue weighted by Crippen LogP contribution is -2.57. The summed E-state index contributed by atoms with van der Waals surface area (Å²) < 4.78 is 14.0. The number of nitrogens with two attached hydrogens (primary N) is 2. The molecule has 1 aromatic heterocycles. The van der Waals surface area contributed by atoms with Gasteiger partial charge in [-0.2, -0.15) is 5.10 Å². The van der Waals surface area contributed by atoms with Crippen molar-refractivity contribution in [2.24, 2.45) is 11.5 Å². The summed E-state index contributed by atoms with van der Waals surface area (Å²) in [4.78, 5) is 0. The molecule has 2 aliphatic rings. The monoisotopic (exact) mass is 292 g/mol. The zero-order valence-corrected chi connectivity index (χ0v) is 13.3. The van der Waals surface area contributed by atoms with Crippen molar-refractivity contribution in [2.75, 3.05) is 6.54 Å². The molecule has 1 saturated heterocycles. The van der Waals surface area contributed by atoms with Gasteiger partial charge in [0.25, 0.3) is 0 Å². The lowest BCUT2D eigenvalue weighted by atomic mass is 9.73. The lowest BCUT2D eigenvalue weighted by molar-refractivity contribution is 0.00578. The molecule has 0 amide bonds. The first-order chi connectivity index (χ1) is 9.69. The van der Waals surface area contributed by atoms with Gasteiger partial charge in [0.05, 0.1) is 16.7 Å². The van der Waals surface area contributed by atoms with Crippen LogP contribution in [0.15, 0.2) is 12.4 Å². The summed E-state index contributed by atoms with van der Waals surface area (Å²) in [5.74, 6) is 0. The third kappa shape index (κ3) is 2.23. The second-order valence-electron chi connectivity index (χ2n) is 7.40. The highest BCUT2D eigenvalue weighted by molar-refractivity contribution is 6.62. The Hall–Kier alpha value is -0.885. The molecule has 0 bridgehead atoms. The van der Waals surface area contributed by atoms with Crippen molar-refractivity contribution in [3.8, 4) is 0 Å². The van der Waals surface area contributed by atoms with E-state index in [-0.39, 0.29) is 29.9 Å². The van der Waals surface area contributed by atoms with Crippen LogP contribution in [0.25, 0.3) is 0 Å². The van der Waals surface area contributed by atoms with Gasteiger partial charge in [-0.3, -0.25) is 4.68 Å². The van der Waals surface area contributed by atoms with Crippen LogP contribution in [-0.4, -0.2) is 40.7 Å². The van der Waals surface area contributed by atoms with E-state index in [1.165, 1.54) is 0 Å². The Bertz CT molecular complexity index is 521. The largest absolute Gasteiger partial charge is 0.498 e. The summed E-state index contributed by atoms with van der Waals surface area (Å²) in [7, 11) is -0.382. The lowest BCUT2D eigenvalue weighted by Gasteiger charge is -2.45. The maximum Gasteiger partial charge on any atom is 0.498 e. The molecule has 1 aliphatic carbocycles. The van der Waals surface area contributed by atoms with Crippen molar-refractivity contribution in [3.05, 3.63) is 12.4 Å². The number of aromatic nitrogens is 2. The molecule has 1 saturated carbocycles. The summed E-state index contributed by atoms with van der Waals surface area (Å²) in [5, 5.41) is 4.48. The van der Waals surface area contributed by atoms with Gasteiger partial charge >= 0.3 is 7.12 Å². The van der Waals surface area contributed by atoms with E-state index in [9.17, 15) is 0 Å². The number of hydrogen-bond donors (Lipinski definition) is 2. The van der Waals surface area contributed by atoms with Crippen molar-refractivity contribution < 1.29 is 9.31 Å². The molecule has 21 heavy (non-hydrogen) atoms. The Morgan fingerprint density at radius 2 is 1.86 bits per heavy atom. The Morgan fingerprint density at radius 1 is 1.29 bits per heavy atom. The molecule has 0 spiro atoms. The van der Waals surface area contributed by atoms with Crippen molar-refractivity contribution in [1.82, 2.24) is 9.78 Å². The standard InChI is InChI=1S/C14H25BN4O2/c1-12(2)13(3,4)21-15(20-12)10-7-18-19(8-10)14(9-16)5-11(17)6-14/h7-8,11H,5-6,9,16-17H2,1-4H3. The molecule has 7 heteroatoms. The zero-order chi connectivity index (χ0) is 15.5. The van der Waals surface area contributed by atoms with Crippen molar-refractivity contribution in [1.29, 1.82) is 0 Å². The van der Waals surface area contributed by atoms with Crippen LogP contribution in [0.3, 0.4) is 0 Å². The Morgan fingerprint density at radius 3 is 2.33 bits per heavy atom. The molecule has 116 valence electrons. The first kappa shape index (κ1) is 15.0. The number of nitrogens with zero attached hydrogens (tertiary/aromatic N) is 2. The van der Waals surface area contributed by atoms with Gasteiger partial charge in [-0.25, -0.2) is 0 Å². The maximum absolute atomic E-state index is 6.05. The summed E-state index contributed by atoms with van der Waals surface area (Å²) in [5.41, 5.74) is 12.0. The minimum Gasteiger partial charge on any atom is -0.399 e. The van der Waals surface area contributed by atoms with Gasteiger partial charge in [-0.1, -0.05) is 0 Å².